The number of hydrogen-bond acceptors (Lipinski definition) is 10. The molecule has 0 radical (unpaired) electrons. The van der Waals surface area contributed by atoms with Crippen molar-refractivity contribution in [3.05, 3.63) is 129 Å². The van der Waals surface area contributed by atoms with E-state index in [9.17, 15) is 19.8 Å². The summed E-state index contributed by atoms with van der Waals surface area (Å²) < 4.78 is 1.63. The third-order valence-corrected chi connectivity index (χ3v) is 9.49. The highest BCUT2D eigenvalue weighted by Gasteiger charge is 2.22. The lowest BCUT2D eigenvalue weighted by Gasteiger charge is -2.35. The van der Waals surface area contributed by atoms with E-state index in [4.69, 9.17) is 9.68 Å². The average Bonchev–Trinajstić information content (AvgIpc) is 3.17. The molecule has 2 fully saturated rings. The number of rotatable bonds is 16. The number of hydrogen-bond donors (Lipinski definition) is 2. The molecule has 0 spiro atoms. The lowest BCUT2D eigenvalue weighted by Crippen LogP contribution is -2.51. The molecule has 2 aliphatic rings. The Morgan fingerprint density at radius 1 is 0.558 bits per heavy atom. The first kappa shape index (κ1) is 37.2. The lowest BCUT2D eigenvalue weighted by atomic mass is 10.2. The second-order valence-electron chi connectivity index (χ2n) is 13.4. The van der Waals surface area contributed by atoms with Crippen LogP contribution in [-0.4, -0.2) is 143 Å². The molecular weight excluding hydrogens is 660 g/mol. The summed E-state index contributed by atoms with van der Waals surface area (Å²) in [5.41, 5.74) is 1.16. The second-order valence-corrected chi connectivity index (χ2v) is 13.4. The largest absolute Gasteiger partial charge is 0.406 e. The average molecular weight is 711 g/mol. The molecule has 2 unspecified atom stereocenters. The smallest absolute Gasteiger partial charge is 0.398 e. The van der Waals surface area contributed by atoms with Crippen LogP contribution >= 0.6 is 0 Å². The summed E-state index contributed by atoms with van der Waals surface area (Å²) in [5, 5.41) is 21.9. The first-order chi connectivity index (χ1) is 25.4. The fourth-order valence-electron chi connectivity index (χ4n) is 6.59. The number of para-hydroxylation sites is 1. The first-order valence-electron chi connectivity index (χ1n) is 18.1. The molecule has 2 saturated heterocycles. The quantitative estimate of drug-likeness (QED) is 0.177. The summed E-state index contributed by atoms with van der Waals surface area (Å²) in [4.78, 5) is 47.3. The molecule has 6 rings (SSSR count). The zero-order valence-corrected chi connectivity index (χ0v) is 29.7. The van der Waals surface area contributed by atoms with Gasteiger partial charge in [-0.15, -0.1) is 4.73 Å². The maximum atomic E-state index is 13.5. The SMILES string of the molecule is O=c1c2ccccc2n(OCC(O)CN2CCN(CC=Cc3ccccc3)CC2)c(=O)n1OCC(O)CN1CCN(CC=Cc2ccccc2)CC1. The zero-order valence-electron chi connectivity index (χ0n) is 29.7. The molecule has 0 amide bonds. The van der Waals surface area contributed by atoms with Gasteiger partial charge in [0.05, 0.1) is 10.9 Å². The highest BCUT2D eigenvalue weighted by atomic mass is 16.7. The van der Waals surface area contributed by atoms with E-state index in [0.717, 1.165) is 70.2 Å². The third kappa shape index (κ3) is 10.5. The number of benzene rings is 3. The van der Waals surface area contributed by atoms with Crippen LogP contribution in [-0.2, 0) is 0 Å². The molecule has 0 aliphatic carbocycles. The summed E-state index contributed by atoms with van der Waals surface area (Å²) in [6.07, 6.45) is 6.82. The van der Waals surface area contributed by atoms with E-state index in [1.165, 1.54) is 11.1 Å². The Hall–Kier alpha value is -4.56. The Labute approximate surface area is 304 Å². The maximum absolute atomic E-state index is 13.5. The van der Waals surface area contributed by atoms with Gasteiger partial charge in [0.25, 0.3) is 5.56 Å². The molecule has 0 bridgehead atoms. The Morgan fingerprint density at radius 2 is 0.981 bits per heavy atom. The van der Waals surface area contributed by atoms with Crippen molar-refractivity contribution in [2.24, 2.45) is 0 Å². The molecule has 12 nitrogen and oxygen atoms in total. The van der Waals surface area contributed by atoms with E-state index < -0.39 is 23.5 Å². The molecule has 1 aromatic heterocycles. The number of β-amino-alcohol motifs (C(OH)–C–C–N with tert-alkyl or cyclic N) is 2. The van der Waals surface area contributed by atoms with Crippen LogP contribution in [0.2, 0.25) is 0 Å². The molecule has 3 heterocycles. The fourth-order valence-corrected chi connectivity index (χ4v) is 6.59. The topological polar surface area (TPSA) is 116 Å². The molecule has 2 N–H and O–H groups in total. The third-order valence-electron chi connectivity index (χ3n) is 9.49. The molecule has 0 saturated carbocycles. The summed E-state index contributed by atoms with van der Waals surface area (Å²) >= 11 is 0. The molecule has 2 atom stereocenters. The maximum Gasteiger partial charge on any atom is 0.398 e. The van der Waals surface area contributed by atoms with Gasteiger partial charge in [0.1, 0.15) is 25.4 Å². The monoisotopic (exact) mass is 710 g/mol. The van der Waals surface area contributed by atoms with Crippen LogP contribution in [0.1, 0.15) is 11.1 Å². The number of fused-ring (bicyclic) bond motifs is 1. The normalized spacial score (nSPS) is 18.0. The minimum Gasteiger partial charge on any atom is -0.406 e. The molecular formula is C40H50N6O6. The van der Waals surface area contributed by atoms with E-state index in [1.807, 2.05) is 36.4 Å². The van der Waals surface area contributed by atoms with E-state index in [0.29, 0.717) is 17.8 Å². The van der Waals surface area contributed by atoms with Crippen molar-refractivity contribution in [2.45, 2.75) is 12.2 Å². The summed E-state index contributed by atoms with van der Waals surface area (Å²) in [7, 11) is 0. The van der Waals surface area contributed by atoms with Crippen molar-refractivity contribution in [1.29, 1.82) is 0 Å². The van der Waals surface area contributed by atoms with Crippen LogP contribution in [0.3, 0.4) is 0 Å². The van der Waals surface area contributed by atoms with Crippen LogP contribution in [0, 0.1) is 0 Å². The lowest BCUT2D eigenvalue weighted by molar-refractivity contribution is -0.0241. The minimum atomic E-state index is -0.918. The van der Waals surface area contributed by atoms with Crippen LogP contribution in [0.25, 0.3) is 23.1 Å². The van der Waals surface area contributed by atoms with Crippen molar-refractivity contribution in [2.75, 3.05) is 91.8 Å². The number of nitrogens with zero attached hydrogens (tertiary/aromatic N) is 6. The highest BCUT2D eigenvalue weighted by Crippen LogP contribution is 2.09. The first-order valence-corrected chi connectivity index (χ1v) is 18.1. The number of aliphatic hydroxyl groups excluding tert-OH is 2. The molecule has 2 aliphatic heterocycles. The van der Waals surface area contributed by atoms with Crippen molar-refractivity contribution in [1.82, 2.24) is 29.1 Å². The van der Waals surface area contributed by atoms with E-state index in [-0.39, 0.29) is 24.1 Å². The van der Waals surface area contributed by atoms with Crippen LogP contribution in [0.4, 0.5) is 0 Å². The van der Waals surface area contributed by atoms with Gasteiger partial charge in [-0.25, -0.2) is 4.79 Å². The van der Waals surface area contributed by atoms with Gasteiger partial charge < -0.3 is 19.9 Å². The van der Waals surface area contributed by atoms with E-state index in [1.54, 1.807) is 24.3 Å². The van der Waals surface area contributed by atoms with Gasteiger partial charge in [0, 0.05) is 78.5 Å². The summed E-state index contributed by atoms with van der Waals surface area (Å²) in [6, 6.07) is 27.0. The fraction of sp³-hybridized carbons (Fsp3) is 0.400. The summed E-state index contributed by atoms with van der Waals surface area (Å²) in [5.74, 6) is 0. The van der Waals surface area contributed by atoms with Crippen molar-refractivity contribution >= 4 is 23.1 Å². The second kappa shape index (κ2) is 18.8. The molecule has 12 heteroatoms. The van der Waals surface area contributed by atoms with E-state index >= 15 is 0 Å². The van der Waals surface area contributed by atoms with Crippen LogP contribution in [0.5, 0.6) is 0 Å². The Morgan fingerprint density at radius 3 is 1.48 bits per heavy atom. The van der Waals surface area contributed by atoms with Crippen molar-refractivity contribution < 1.29 is 19.9 Å². The number of aliphatic hydroxyl groups is 2. The molecule has 52 heavy (non-hydrogen) atoms. The van der Waals surface area contributed by atoms with Gasteiger partial charge >= 0.3 is 5.69 Å². The number of aromatic nitrogens is 2. The zero-order chi connectivity index (χ0) is 36.1. The van der Waals surface area contributed by atoms with Gasteiger partial charge in [-0.1, -0.05) is 102 Å². The van der Waals surface area contributed by atoms with Gasteiger partial charge in [-0.3, -0.25) is 24.4 Å². The van der Waals surface area contributed by atoms with E-state index in [2.05, 4.69) is 68.2 Å². The van der Waals surface area contributed by atoms with Gasteiger partial charge in [0.15, 0.2) is 0 Å². The highest BCUT2D eigenvalue weighted by molar-refractivity contribution is 5.77. The van der Waals surface area contributed by atoms with Crippen molar-refractivity contribution in [3.63, 3.8) is 0 Å². The van der Waals surface area contributed by atoms with Gasteiger partial charge in [0.2, 0.25) is 0 Å². The molecule has 3 aromatic carbocycles. The summed E-state index contributed by atoms with van der Waals surface area (Å²) in [6.45, 7) is 8.76. The van der Waals surface area contributed by atoms with Crippen LogP contribution in [0.15, 0.2) is 107 Å². The van der Waals surface area contributed by atoms with Crippen LogP contribution < -0.4 is 20.9 Å². The predicted octanol–water partition coefficient (Wildman–Crippen LogP) is 1.40. The Bertz CT molecular complexity index is 1860. The number of piperazine rings is 2. The standard InChI is InChI=1S/C40H50N6O6/c47-35(29-43-25-21-41(22-26-43)19-9-15-33-11-3-1-4-12-33)31-51-45-38-18-8-7-17-37(38)39(49)46(40(45)50)52-32-36(48)30-44-27-23-42(24-28-44)20-10-16-34-13-5-2-6-14-34/h1-18,35-36,47-48H,19-32H2. The molecule has 276 valence electrons. The molecule has 4 aromatic rings. The minimum absolute atomic E-state index is 0.154. The van der Waals surface area contributed by atoms with Crippen molar-refractivity contribution in [3.8, 4) is 0 Å². The predicted molar refractivity (Wildman–Crippen MR) is 204 cm³/mol. The Balaban J connectivity index is 0.966. The van der Waals surface area contributed by atoms with Gasteiger partial charge in [-0.05, 0) is 23.3 Å². The van der Waals surface area contributed by atoms with Gasteiger partial charge in [-0.2, -0.15) is 0 Å². The Kier molecular flexibility index (Phi) is 13.4.